The van der Waals surface area contributed by atoms with Gasteiger partial charge < -0.3 is 14.6 Å². The number of hydrogen-bond acceptors (Lipinski definition) is 8. The van der Waals surface area contributed by atoms with Gasteiger partial charge in [-0.25, -0.2) is 19.3 Å². The number of nitrogens with one attached hydrogen (secondary N) is 1. The van der Waals surface area contributed by atoms with E-state index in [2.05, 4.69) is 20.4 Å². The maximum absolute atomic E-state index is 13.0. The zero-order chi connectivity index (χ0) is 22.5. The summed E-state index contributed by atoms with van der Waals surface area (Å²) in [6.45, 7) is -0.177. The minimum atomic E-state index is -0.821. The van der Waals surface area contributed by atoms with Crippen LogP contribution < -0.4 is 16.0 Å². The van der Waals surface area contributed by atoms with E-state index in [9.17, 15) is 14.4 Å². The average molecular weight is 434 g/mol. The normalized spacial score (nSPS) is 10.7. The van der Waals surface area contributed by atoms with Crippen molar-refractivity contribution in [3.8, 4) is 11.6 Å². The monoisotopic (exact) mass is 434 g/mol. The zero-order valence-electron chi connectivity index (χ0n) is 17.0. The first-order valence-electron chi connectivity index (χ1n) is 9.54. The van der Waals surface area contributed by atoms with Gasteiger partial charge in [-0.2, -0.15) is 0 Å². The Kier molecular flexibility index (Phi) is 5.88. The second-order valence-corrected chi connectivity index (χ2v) is 6.66. The molecule has 11 nitrogen and oxygen atoms in total. The third kappa shape index (κ3) is 4.31. The van der Waals surface area contributed by atoms with Crippen molar-refractivity contribution in [3.63, 3.8) is 0 Å². The lowest BCUT2D eigenvalue weighted by molar-refractivity contribution is -0.118. The number of para-hydroxylation sites is 1. The van der Waals surface area contributed by atoms with E-state index in [4.69, 9.17) is 8.94 Å². The average Bonchev–Trinajstić information content (AvgIpc) is 3.47. The molecular weight excluding hydrogens is 416 g/mol. The smallest absolute Gasteiger partial charge is 0.442 e. The molecule has 1 N–H and O–H groups in total. The predicted octanol–water partition coefficient (Wildman–Crippen LogP) is 1.48. The standard InChI is InChI=1S/C21H18N6O5/c1-26(16-8-3-2-7-15(16)20(29)24-12-14-6-4-11-31-14)17(28)13-27-19(25-32-21(27)30)18-22-9-5-10-23-18/h2-11H,12-13H2,1H3,(H,24,29). The minimum Gasteiger partial charge on any atom is -0.467 e. The molecule has 3 heterocycles. The molecule has 162 valence electrons. The van der Waals surface area contributed by atoms with Crippen LogP contribution in [0.2, 0.25) is 0 Å². The van der Waals surface area contributed by atoms with Crippen molar-refractivity contribution in [2.75, 3.05) is 11.9 Å². The number of aromatic nitrogens is 4. The SMILES string of the molecule is CN(C(=O)Cn1c(-c2ncccn2)noc1=O)c1ccccc1C(=O)NCc1ccco1. The Hall–Kier alpha value is -4.54. The van der Waals surface area contributed by atoms with Gasteiger partial charge in [0.1, 0.15) is 12.3 Å². The number of anilines is 1. The van der Waals surface area contributed by atoms with E-state index < -0.39 is 11.7 Å². The molecule has 11 heteroatoms. The summed E-state index contributed by atoms with van der Waals surface area (Å²) in [7, 11) is 1.51. The molecule has 0 bridgehead atoms. The van der Waals surface area contributed by atoms with E-state index in [1.165, 1.54) is 30.6 Å². The Morgan fingerprint density at radius 1 is 1.09 bits per heavy atom. The number of benzene rings is 1. The van der Waals surface area contributed by atoms with Gasteiger partial charge in [0, 0.05) is 19.4 Å². The first-order valence-corrected chi connectivity index (χ1v) is 9.54. The molecule has 0 aliphatic rings. The van der Waals surface area contributed by atoms with Crippen LogP contribution in [0.3, 0.4) is 0 Å². The number of carbonyl (C=O) groups is 2. The fourth-order valence-corrected chi connectivity index (χ4v) is 2.99. The zero-order valence-corrected chi connectivity index (χ0v) is 17.0. The van der Waals surface area contributed by atoms with Crippen LogP contribution in [0.4, 0.5) is 5.69 Å². The predicted molar refractivity (Wildman–Crippen MR) is 112 cm³/mol. The van der Waals surface area contributed by atoms with E-state index in [0.29, 0.717) is 17.0 Å². The van der Waals surface area contributed by atoms with Crippen LogP contribution >= 0.6 is 0 Å². The molecule has 4 rings (SSSR count). The van der Waals surface area contributed by atoms with Crippen LogP contribution in [0.15, 0.2) is 74.9 Å². The molecule has 2 amide bonds. The fourth-order valence-electron chi connectivity index (χ4n) is 2.99. The first kappa shape index (κ1) is 20.7. The molecule has 0 saturated carbocycles. The van der Waals surface area contributed by atoms with Gasteiger partial charge in [-0.3, -0.25) is 14.1 Å². The largest absolute Gasteiger partial charge is 0.467 e. The van der Waals surface area contributed by atoms with E-state index in [0.717, 1.165) is 4.57 Å². The molecule has 3 aromatic heterocycles. The summed E-state index contributed by atoms with van der Waals surface area (Å²) in [6.07, 6.45) is 4.48. The Morgan fingerprint density at radius 3 is 2.62 bits per heavy atom. The van der Waals surface area contributed by atoms with Crippen molar-refractivity contribution in [1.29, 1.82) is 0 Å². The third-order valence-electron chi connectivity index (χ3n) is 4.63. The maximum Gasteiger partial charge on any atom is 0.442 e. The number of likely N-dealkylation sites (N-methyl/N-ethyl adjacent to an activating group) is 1. The van der Waals surface area contributed by atoms with Gasteiger partial charge in [-0.05, 0) is 30.3 Å². The minimum absolute atomic E-state index is 0.0295. The maximum atomic E-state index is 13.0. The summed E-state index contributed by atoms with van der Waals surface area (Å²) in [5.74, 6) is -0.897. The van der Waals surface area contributed by atoms with Gasteiger partial charge in [0.05, 0.1) is 24.1 Å². The van der Waals surface area contributed by atoms with Crippen molar-refractivity contribution in [1.82, 2.24) is 25.0 Å². The molecule has 0 atom stereocenters. The number of hydrogen-bond donors (Lipinski definition) is 1. The van der Waals surface area contributed by atoms with Crippen LogP contribution in [0, 0.1) is 0 Å². The van der Waals surface area contributed by atoms with E-state index >= 15 is 0 Å². The topological polar surface area (TPSA) is 136 Å². The van der Waals surface area contributed by atoms with Crippen molar-refractivity contribution in [3.05, 3.63) is 83.0 Å². The molecule has 4 aromatic rings. The Morgan fingerprint density at radius 2 is 1.88 bits per heavy atom. The van der Waals surface area contributed by atoms with Gasteiger partial charge in [0.15, 0.2) is 5.82 Å². The second-order valence-electron chi connectivity index (χ2n) is 6.66. The molecule has 0 aliphatic carbocycles. The highest BCUT2D eigenvalue weighted by atomic mass is 16.5. The summed E-state index contributed by atoms with van der Waals surface area (Å²) in [4.78, 5) is 47.2. The van der Waals surface area contributed by atoms with Crippen molar-refractivity contribution < 1.29 is 18.5 Å². The van der Waals surface area contributed by atoms with E-state index in [-0.39, 0.29) is 30.6 Å². The fraction of sp³-hybridized carbons (Fsp3) is 0.143. The lowest BCUT2D eigenvalue weighted by atomic mass is 10.1. The van der Waals surface area contributed by atoms with Gasteiger partial charge in [-0.1, -0.05) is 17.3 Å². The van der Waals surface area contributed by atoms with Crippen molar-refractivity contribution in [2.24, 2.45) is 0 Å². The molecule has 0 saturated heterocycles. The highest BCUT2D eigenvalue weighted by Crippen LogP contribution is 2.20. The molecule has 0 fully saturated rings. The van der Waals surface area contributed by atoms with Crippen LogP contribution in [0.5, 0.6) is 0 Å². The van der Waals surface area contributed by atoms with Crippen LogP contribution in [0.25, 0.3) is 11.6 Å². The highest BCUT2D eigenvalue weighted by molar-refractivity contribution is 6.04. The number of nitrogens with zero attached hydrogens (tertiary/aromatic N) is 5. The van der Waals surface area contributed by atoms with Crippen LogP contribution in [-0.4, -0.2) is 38.6 Å². The number of rotatable bonds is 7. The number of amides is 2. The van der Waals surface area contributed by atoms with Crippen molar-refractivity contribution in [2.45, 2.75) is 13.1 Å². The Bertz CT molecular complexity index is 1280. The second kappa shape index (κ2) is 9.08. The number of carbonyl (C=O) groups excluding carboxylic acids is 2. The Balaban J connectivity index is 1.54. The molecule has 0 aliphatic heterocycles. The first-order chi connectivity index (χ1) is 15.5. The van der Waals surface area contributed by atoms with Crippen LogP contribution in [0.1, 0.15) is 16.1 Å². The van der Waals surface area contributed by atoms with Gasteiger partial charge >= 0.3 is 5.76 Å². The van der Waals surface area contributed by atoms with Gasteiger partial charge in [-0.15, -0.1) is 0 Å². The van der Waals surface area contributed by atoms with Crippen molar-refractivity contribution >= 4 is 17.5 Å². The summed E-state index contributed by atoms with van der Waals surface area (Å²) in [6, 6.07) is 11.7. The summed E-state index contributed by atoms with van der Waals surface area (Å²) in [5.41, 5.74) is 0.663. The summed E-state index contributed by atoms with van der Waals surface area (Å²) < 4.78 is 11.0. The molecule has 0 spiro atoms. The molecule has 32 heavy (non-hydrogen) atoms. The molecule has 0 unspecified atom stereocenters. The summed E-state index contributed by atoms with van der Waals surface area (Å²) >= 11 is 0. The molecule has 0 radical (unpaired) electrons. The van der Waals surface area contributed by atoms with E-state index in [1.807, 2.05) is 0 Å². The van der Waals surface area contributed by atoms with Crippen LogP contribution in [-0.2, 0) is 17.9 Å². The quantitative estimate of drug-likeness (QED) is 0.462. The summed E-state index contributed by atoms with van der Waals surface area (Å²) in [5, 5.41) is 6.43. The Labute approximate surface area is 181 Å². The lowest BCUT2D eigenvalue weighted by Gasteiger charge is -2.20. The molecule has 1 aromatic carbocycles. The third-order valence-corrected chi connectivity index (χ3v) is 4.63. The molecular formula is C21H18N6O5. The van der Waals surface area contributed by atoms with Gasteiger partial charge in [0.2, 0.25) is 11.7 Å². The van der Waals surface area contributed by atoms with E-state index in [1.54, 1.807) is 42.5 Å². The highest BCUT2D eigenvalue weighted by Gasteiger charge is 2.23. The lowest BCUT2D eigenvalue weighted by Crippen LogP contribution is -2.35. The van der Waals surface area contributed by atoms with Gasteiger partial charge in [0.25, 0.3) is 5.91 Å². The number of furan rings is 1.